The summed E-state index contributed by atoms with van der Waals surface area (Å²) in [5.74, 6) is -0.212. The summed E-state index contributed by atoms with van der Waals surface area (Å²) in [4.78, 5) is 14.1. The number of rotatable bonds is 5. The number of hydrogen-bond donors (Lipinski definition) is 1. The van der Waals surface area contributed by atoms with Crippen molar-refractivity contribution in [2.45, 2.75) is 25.8 Å². The van der Waals surface area contributed by atoms with E-state index in [2.05, 4.69) is 6.07 Å². The summed E-state index contributed by atoms with van der Waals surface area (Å²) in [6, 6.07) is 7.29. The van der Waals surface area contributed by atoms with Gasteiger partial charge in [0.1, 0.15) is 5.41 Å². The Kier molecular flexibility index (Phi) is 5.10. The molecule has 1 fully saturated rings. The number of aliphatic hydroxyl groups is 1. The van der Waals surface area contributed by atoms with Crippen LogP contribution in [0.1, 0.15) is 24.8 Å². The largest absolute Gasteiger partial charge is 0.395 e. The van der Waals surface area contributed by atoms with E-state index in [0.717, 1.165) is 12.0 Å². The molecule has 1 saturated carbocycles. The third-order valence-electron chi connectivity index (χ3n) is 3.85. The molecule has 0 radical (unpaired) electrons. The molecular weight excluding hydrogens is 311 g/mol. The van der Waals surface area contributed by atoms with E-state index in [1.165, 1.54) is 4.90 Å². The molecule has 0 aromatic heterocycles. The molecule has 21 heavy (non-hydrogen) atoms. The SMILES string of the molecule is N#CC1(C(=O)N(CCO)Cc2ccc(Cl)c(Cl)c2)CCC1. The average Bonchev–Trinajstić information content (AvgIpc) is 2.41. The van der Waals surface area contributed by atoms with E-state index < -0.39 is 5.41 Å². The fourth-order valence-corrected chi connectivity index (χ4v) is 2.76. The molecule has 0 aliphatic heterocycles. The van der Waals surface area contributed by atoms with Gasteiger partial charge in [0.2, 0.25) is 5.91 Å². The molecule has 2 rings (SSSR count). The maximum atomic E-state index is 12.6. The Balaban J connectivity index is 2.17. The summed E-state index contributed by atoms with van der Waals surface area (Å²) in [6.45, 7) is 0.358. The van der Waals surface area contributed by atoms with E-state index >= 15 is 0 Å². The van der Waals surface area contributed by atoms with Crippen molar-refractivity contribution in [1.82, 2.24) is 4.90 Å². The Morgan fingerprint density at radius 3 is 2.57 bits per heavy atom. The van der Waals surface area contributed by atoms with Crippen molar-refractivity contribution < 1.29 is 9.90 Å². The Labute approximate surface area is 133 Å². The Morgan fingerprint density at radius 1 is 1.38 bits per heavy atom. The number of halogens is 2. The number of benzene rings is 1. The monoisotopic (exact) mass is 326 g/mol. The number of nitriles is 1. The van der Waals surface area contributed by atoms with Crippen LogP contribution in [-0.2, 0) is 11.3 Å². The molecule has 4 nitrogen and oxygen atoms in total. The molecule has 0 unspecified atom stereocenters. The van der Waals surface area contributed by atoms with Gasteiger partial charge < -0.3 is 10.0 Å². The highest BCUT2D eigenvalue weighted by atomic mass is 35.5. The molecule has 0 spiro atoms. The first kappa shape index (κ1) is 16.1. The van der Waals surface area contributed by atoms with Gasteiger partial charge >= 0.3 is 0 Å². The average molecular weight is 327 g/mol. The first-order valence-electron chi connectivity index (χ1n) is 6.78. The zero-order valence-corrected chi connectivity index (χ0v) is 13.0. The molecule has 112 valence electrons. The molecule has 1 aliphatic rings. The van der Waals surface area contributed by atoms with Gasteiger partial charge in [-0.15, -0.1) is 0 Å². The van der Waals surface area contributed by atoms with E-state index in [4.69, 9.17) is 28.3 Å². The summed E-state index contributed by atoms with van der Waals surface area (Å²) >= 11 is 11.8. The molecule has 0 saturated heterocycles. The van der Waals surface area contributed by atoms with Crippen molar-refractivity contribution in [3.8, 4) is 6.07 Å². The van der Waals surface area contributed by atoms with Gasteiger partial charge in [-0.25, -0.2) is 0 Å². The van der Waals surface area contributed by atoms with E-state index in [1.54, 1.807) is 18.2 Å². The van der Waals surface area contributed by atoms with Gasteiger partial charge in [0.25, 0.3) is 0 Å². The van der Waals surface area contributed by atoms with Crippen molar-refractivity contribution in [2.24, 2.45) is 5.41 Å². The van der Waals surface area contributed by atoms with Crippen LogP contribution in [0.4, 0.5) is 0 Å². The first-order valence-corrected chi connectivity index (χ1v) is 7.53. The number of carbonyl (C=O) groups is 1. The highest BCUT2D eigenvalue weighted by Crippen LogP contribution is 2.42. The number of carbonyl (C=O) groups excluding carboxylic acids is 1. The van der Waals surface area contributed by atoms with Gasteiger partial charge in [-0.2, -0.15) is 5.26 Å². The predicted molar refractivity (Wildman–Crippen MR) is 80.9 cm³/mol. The third-order valence-corrected chi connectivity index (χ3v) is 4.58. The quantitative estimate of drug-likeness (QED) is 0.904. The minimum atomic E-state index is -0.911. The van der Waals surface area contributed by atoms with Gasteiger partial charge in [0, 0.05) is 13.1 Å². The Bertz CT molecular complexity index is 580. The summed E-state index contributed by atoms with van der Waals surface area (Å²) in [6.07, 6.45) is 2.07. The van der Waals surface area contributed by atoms with Gasteiger partial charge in [-0.1, -0.05) is 29.3 Å². The predicted octanol–water partition coefficient (Wildman–Crippen LogP) is 3.01. The second-order valence-electron chi connectivity index (χ2n) is 5.25. The van der Waals surface area contributed by atoms with Crippen molar-refractivity contribution >= 4 is 29.1 Å². The minimum Gasteiger partial charge on any atom is -0.395 e. The minimum absolute atomic E-state index is 0.144. The van der Waals surface area contributed by atoms with E-state index in [0.29, 0.717) is 29.4 Å². The maximum absolute atomic E-state index is 12.6. The van der Waals surface area contributed by atoms with Crippen LogP contribution in [0.5, 0.6) is 0 Å². The lowest BCUT2D eigenvalue weighted by Crippen LogP contribution is -2.47. The van der Waals surface area contributed by atoms with Crippen molar-refractivity contribution in [3.63, 3.8) is 0 Å². The number of amides is 1. The molecule has 1 N–H and O–H groups in total. The summed E-state index contributed by atoms with van der Waals surface area (Å²) in [5.41, 5.74) is -0.0932. The smallest absolute Gasteiger partial charge is 0.243 e. The topological polar surface area (TPSA) is 64.3 Å². The van der Waals surface area contributed by atoms with E-state index in [-0.39, 0.29) is 19.1 Å². The van der Waals surface area contributed by atoms with E-state index in [9.17, 15) is 10.1 Å². The van der Waals surface area contributed by atoms with Gasteiger partial charge in [-0.05, 0) is 37.0 Å². The molecule has 0 bridgehead atoms. The van der Waals surface area contributed by atoms with Crippen molar-refractivity contribution in [1.29, 1.82) is 5.26 Å². The number of hydrogen-bond acceptors (Lipinski definition) is 3. The summed E-state index contributed by atoms with van der Waals surface area (Å²) < 4.78 is 0. The molecule has 1 amide bonds. The lowest BCUT2D eigenvalue weighted by Gasteiger charge is -2.38. The van der Waals surface area contributed by atoms with Gasteiger partial charge in [0.05, 0.1) is 22.7 Å². The second-order valence-corrected chi connectivity index (χ2v) is 6.06. The molecule has 1 aromatic rings. The van der Waals surface area contributed by atoms with Crippen molar-refractivity contribution in [2.75, 3.05) is 13.2 Å². The fraction of sp³-hybridized carbons (Fsp3) is 0.467. The zero-order chi connectivity index (χ0) is 15.5. The molecule has 6 heteroatoms. The summed E-state index contributed by atoms with van der Waals surface area (Å²) in [5, 5.41) is 19.3. The molecular formula is C15H16Cl2N2O2. The van der Waals surface area contributed by atoms with Crippen LogP contribution in [0.3, 0.4) is 0 Å². The van der Waals surface area contributed by atoms with Crippen LogP contribution in [-0.4, -0.2) is 29.1 Å². The highest BCUT2D eigenvalue weighted by Gasteiger charge is 2.46. The standard InChI is InChI=1S/C15H16Cl2N2O2/c16-12-3-2-11(8-13(12)17)9-19(6-7-20)14(21)15(10-18)4-1-5-15/h2-3,8,20H,1,4-7,9H2. The molecule has 0 heterocycles. The third kappa shape index (κ3) is 3.32. The Hall–Kier alpha value is -1.28. The second kappa shape index (κ2) is 6.65. The molecule has 0 atom stereocenters. The Morgan fingerprint density at radius 2 is 2.10 bits per heavy atom. The zero-order valence-electron chi connectivity index (χ0n) is 11.5. The molecule has 1 aromatic carbocycles. The lowest BCUT2D eigenvalue weighted by atomic mass is 9.69. The number of aliphatic hydroxyl groups excluding tert-OH is 1. The van der Waals surface area contributed by atoms with Crippen molar-refractivity contribution in [3.05, 3.63) is 33.8 Å². The summed E-state index contributed by atoms with van der Waals surface area (Å²) in [7, 11) is 0. The van der Waals surface area contributed by atoms with Crippen LogP contribution in [0, 0.1) is 16.7 Å². The number of nitrogens with zero attached hydrogens (tertiary/aromatic N) is 2. The van der Waals surface area contributed by atoms with Crippen LogP contribution in [0.2, 0.25) is 10.0 Å². The van der Waals surface area contributed by atoms with Crippen LogP contribution in [0.15, 0.2) is 18.2 Å². The van der Waals surface area contributed by atoms with Gasteiger partial charge in [0.15, 0.2) is 0 Å². The maximum Gasteiger partial charge on any atom is 0.243 e. The normalized spacial score (nSPS) is 15.9. The van der Waals surface area contributed by atoms with Gasteiger partial charge in [-0.3, -0.25) is 4.79 Å². The van der Waals surface area contributed by atoms with Crippen LogP contribution in [0.25, 0.3) is 0 Å². The first-order chi connectivity index (χ1) is 10.0. The van der Waals surface area contributed by atoms with Crippen LogP contribution < -0.4 is 0 Å². The van der Waals surface area contributed by atoms with E-state index in [1.807, 2.05) is 0 Å². The fourth-order valence-electron chi connectivity index (χ4n) is 2.44. The highest BCUT2D eigenvalue weighted by molar-refractivity contribution is 6.42. The van der Waals surface area contributed by atoms with Crippen LogP contribution >= 0.6 is 23.2 Å². The lowest BCUT2D eigenvalue weighted by molar-refractivity contribution is -0.144. The molecule has 1 aliphatic carbocycles.